The largest absolute Gasteiger partial charge is 0.371 e. The van der Waals surface area contributed by atoms with E-state index >= 15 is 0 Å². The molecule has 3 fully saturated rings. The van der Waals surface area contributed by atoms with Gasteiger partial charge in [-0.25, -0.2) is 0 Å². The lowest BCUT2D eigenvalue weighted by Crippen LogP contribution is -2.45. The summed E-state index contributed by atoms with van der Waals surface area (Å²) in [6, 6.07) is 9.28. The highest BCUT2D eigenvalue weighted by Crippen LogP contribution is 2.34. The zero-order chi connectivity index (χ0) is 22.8. The Balaban J connectivity index is 1.29. The number of anilines is 1. The Bertz CT molecular complexity index is 1100. The molecule has 2 amide bonds. The van der Waals surface area contributed by atoms with Crippen LogP contribution in [0.15, 0.2) is 30.5 Å². The molecule has 3 aliphatic heterocycles. The first-order chi connectivity index (χ1) is 16.1. The first-order valence-corrected chi connectivity index (χ1v) is 12.2. The number of benzene rings is 1. The lowest BCUT2D eigenvalue weighted by atomic mass is 10.0. The van der Waals surface area contributed by atoms with Crippen LogP contribution in [0, 0.1) is 11.3 Å². The molecule has 1 spiro atoms. The molecule has 1 atom stereocenters. The number of hydrogen-bond donors (Lipinski definition) is 1. The van der Waals surface area contributed by atoms with Gasteiger partial charge in [0, 0.05) is 49.0 Å². The van der Waals surface area contributed by atoms with Crippen LogP contribution in [0.2, 0.25) is 0 Å². The van der Waals surface area contributed by atoms with E-state index in [2.05, 4.69) is 21.3 Å². The molecule has 4 heterocycles. The molecular formula is C23H25N5O4S. The Morgan fingerprint density at radius 2 is 2.03 bits per heavy atom. The van der Waals surface area contributed by atoms with Gasteiger partial charge < -0.3 is 24.6 Å². The molecular weight excluding hydrogens is 442 g/mol. The molecule has 0 aliphatic carbocycles. The third-order valence-electron chi connectivity index (χ3n) is 6.43. The van der Waals surface area contributed by atoms with Crippen molar-refractivity contribution in [2.24, 2.45) is 0 Å². The number of hydrogen-bond acceptors (Lipinski definition) is 8. The molecule has 10 heteroatoms. The summed E-state index contributed by atoms with van der Waals surface area (Å²) in [7, 11) is 0. The van der Waals surface area contributed by atoms with E-state index < -0.39 is 11.8 Å². The van der Waals surface area contributed by atoms with E-state index in [-0.39, 0.29) is 18.4 Å². The van der Waals surface area contributed by atoms with Crippen LogP contribution in [0.3, 0.4) is 0 Å². The van der Waals surface area contributed by atoms with Gasteiger partial charge in [0.25, 0.3) is 5.91 Å². The SMILES string of the molecule is N#CC1CSCN1C(=O)CNC(=O)c1ccnc2ccc(N3CCC4(CC3)OCCO4)cc12. The van der Waals surface area contributed by atoms with E-state index in [9.17, 15) is 14.9 Å². The van der Waals surface area contributed by atoms with E-state index in [1.165, 1.54) is 16.7 Å². The number of nitrogens with zero attached hydrogens (tertiary/aromatic N) is 4. The minimum absolute atomic E-state index is 0.144. The number of thioether (sulfide) groups is 1. The fourth-order valence-corrected chi connectivity index (χ4v) is 5.67. The van der Waals surface area contributed by atoms with Crippen LogP contribution < -0.4 is 10.2 Å². The summed E-state index contributed by atoms with van der Waals surface area (Å²) in [5.41, 5.74) is 2.20. The van der Waals surface area contributed by atoms with Crippen molar-refractivity contribution in [3.05, 3.63) is 36.0 Å². The van der Waals surface area contributed by atoms with Gasteiger partial charge in [-0.3, -0.25) is 14.6 Å². The van der Waals surface area contributed by atoms with Crippen molar-refractivity contribution in [1.82, 2.24) is 15.2 Å². The van der Waals surface area contributed by atoms with Gasteiger partial charge >= 0.3 is 0 Å². The second-order valence-corrected chi connectivity index (χ2v) is 9.35. The second-order valence-electron chi connectivity index (χ2n) is 8.35. The van der Waals surface area contributed by atoms with Gasteiger partial charge in [0.05, 0.1) is 42.8 Å². The normalized spacial score (nSPS) is 22.0. The molecule has 1 N–H and O–H groups in total. The smallest absolute Gasteiger partial charge is 0.252 e. The monoisotopic (exact) mass is 467 g/mol. The number of fused-ring (bicyclic) bond motifs is 1. The van der Waals surface area contributed by atoms with Gasteiger partial charge in [-0.05, 0) is 24.3 Å². The number of piperidine rings is 1. The number of aromatic nitrogens is 1. The predicted molar refractivity (Wildman–Crippen MR) is 124 cm³/mol. The first-order valence-electron chi connectivity index (χ1n) is 11.1. The lowest BCUT2D eigenvalue weighted by Gasteiger charge is -2.38. The topological polar surface area (TPSA) is 108 Å². The Labute approximate surface area is 196 Å². The Kier molecular flexibility index (Phi) is 6.10. The van der Waals surface area contributed by atoms with Crippen molar-refractivity contribution in [2.45, 2.75) is 24.7 Å². The molecule has 3 aliphatic rings. The standard InChI is InChI=1S/C23H25N5O4S/c24-12-17-14-33-15-28(17)21(29)13-26-22(30)18-3-6-25-20-2-1-16(11-19(18)20)27-7-4-23(5-8-27)31-9-10-32-23/h1-3,6,11,17H,4-5,7-10,13-15H2,(H,26,30). The summed E-state index contributed by atoms with van der Waals surface area (Å²) in [6.07, 6.45) is 3.19. The number of amides is 2. The average molecular weight is 468 g/mol. The van der Waals surface area contributed by atoms with Crippen LogP contribution >= 0.6 is 11.8 Å². The molecule has 1 aromatic carbocycles. The van der Waals surface area contributed by atoms with Crippen LogP contribution in [0.4, 0.5) is 5.69 Å². The molecule has 0 bridgehead atoms. The second kappa shape index (κ2) is 9.17. The predicted octanol–water partition coefficient (Wildman–Crippen LogP) is 1.73. The van der Waals surface area contributed by atoms with Crippen molar-refractivity contribution < 1.29 is 19.1 Å². The molecule has 3 saturated heterocycles. The maximum absolute atomic E-state index is 13.0. The van der Waals surface area contributed by atoms with Crippen LogP contribution in [-0.4, -0.2) is 78.0 Å². The van der Waals surface area contributed by atoms with E-state index in [1.807, 2.05) is 18.2 Å². The van der Waals surface area contributed by atoms with Gasteiger partial charge in [-0.2, -0.15) is 5.26 Å². The third-order valence-corrected chi connectivity index (χ3v) is 7.44. The van der Waals surface area contributed by atoms with Gasteiger partial charge in [-0.15, -0.1) is 11.8 Å². The van der Waals surface area contributed by atoms with Gasteiger partial charge in [0.2, 0.25) is 5.91 Å². The van der Waals surface area contributed by atoms with Gasteiger partial charge in [0.1, 0.15) is 6.04 Å². The maximum Gasteiger partial charge on any atom is 0.252 e. The quantitative estimate of drug-likeness (QED) is 0.725. The number of ether oxygens (including phenoxy) is 2. The molecule has 172 valence electrons. The number of pyridine rings is 1. The highest BCUT2D eigenvalue weighted by atomic mass is 32.2. The van der Waals surface area contributed by atoms with Crippen LogP contribution in [0.5, 0.6) is 0 Å². The fourth-order valence-electron chi connectivity index (χ4n) is 4.57. The Morgan fingerprint density at radius 3 is 2.79 bits per heavy atom. The summed E-state index contributed by atoms with van der Waals surface area (Å²) in [5.74, 6) is 0.0484. The number of nitriles is 1. The van der Waals surface area contributed by atoms with Gasteiger partial charge in [0.15, 0.2) is 5.79 Å². The molecule has 9 nitrogen and oxygen atoms in total. The summed E-state index contributed by atoms with van der Waals surface area (Å²) in [6.45, 7) is 2.76. The number of carbonyl (C=O) groups excluding carboxylic acids is 2. The Morgan fingerprint density at radius 1 is 1.24 bits per heavy atom. The van der Waals surface area contributed by atoms with Crippen molar-refractivity contribution in [3.63, 3.8) is 0 Å². The summed E-state index contributed by atoms with van der Waals surface area (Å²) in [4.78, 5) is 33.6. The van der Waals surface area contributed by atoms with Crippen molar-refractivity contribution >= 4 is 40.2 Å². The molecule has 0 saturated carbocycles. The number of nitrogens with one attached hydrogen (secondary N) is 1. The summed E-state index contributed by atoms with van der Waals surface area (Å²) in [5, 5.41) is 12.6. The van der Waals surface area contributed by atoms with E-state index in [4.69, 9.17) is 9.47 Å². The summed E-state index contributed by atoms with van der Waals surface area (Å²) < 4.78 is 11.6. The maximum atomic E-state index is 13.0. The number of carbonyl (C=O) groups is 2. The van der Waals surface area contributed by atoms with E-state index in [1.54, 1.807) is 12.3 Å². The van der Waals surface area contributed by atoms with Gasteiger partial charge in [-0.1, -0.05) is 0 Å². The fraction of sp³-hybridized carbons (Fsp3) is 0.478. The van der Waals surface area contributed by atoms with Crippen LogP contribution in [-0.2, 0) is 14.3 Å². The third kappa shape index (κ3) is 4.36. The number of rotatable bonds is 4. The highest BCUT2D eigenvalue weighted by molar-refractivity contribution is 7.99. The van der Waals surface area contributed by atoms with Crippen molar-refractivity contribution in [3.8, 4) is 6.07 Å². The van der Waals surface area contributed by atoms with E-state index in [0.29, 0.717) is 35.9 Å². The first kappa shape index (κ1) is 21.9. The van der Waals surface area contributed by atoms with Crippen molar-refractivity contribution in [2.75, 3.05) is 49.4 Å². The van der Waals surface area contributed by atoms with Crippen LogP contribution in [0.25, 0.3) is 10.9 Å². The summed E-state index contributed by atoms with van der Waals surface area (Å²) >= 11 is 1.54. The van der Waals surface area contributed by atoms with Crippen LogP contribution in [0.1, 0.15) is 23.2 Å². The highest BCUT2D eigenvalue weighted by Gasteiger charge is 2.39. The minimum Gasteiger partial charge on any atom is -0.371 e. The molecule has 1 aromatic heterocycles. The van der Waals surface area contributed by atoms with Crippen molar-refractivity contribution in [1.29, 1.82) is 5.26 Å². The average Bonchev–Trinajstić information content (AvgIpc) is 3.52. The molecule has 1 unspecified atom stereocenters. The minimum atomic E-state index is -0.440. The zero-order valence-electron chi connectivity index (χ0n) is 18.2. The zero-order valence-corrected chi connectivity index (χ0v) is 19.0. The Hall–Kier alpha value is -2.87. The molecule has 0 radical (unpaired) electrons. The lowest BCUT2D eigenvalue weighted by molar-refractivity contribution is -0.169. The van der Waals surface area contributed by atoms with E-state index in [0.717, 1.165) is 37.0 Å². The molecule has 2 aromatic rings. The molecule has 5 rings (SSSR count). The molecule has 33 heavy (non-hydrogen) atoms.